The first-order valence-electron chi connectivity index (χ1n) is 5.35. The van der Waals surface area contributed by atoms with Crippen molar-refractivity contribution in [2.75, 3.05) is 6.61 Å². The molecule has 84 valence electrons. The first kappa shape index (κ1) is 13.7. The lowest BCUT2D eigenvalue weighted by Gasteiger charge is -2.03. The SMILES string of the molecule is C=CCCC/C(CCC=C)=N/OCC=C. The zero-order chi connectivity index (χ0) is 11.4. The number of hydrogen-bond donors (Lipinski definition) is 0. The summed E-state index contributed by atoms with van der Waals surface area (Å²) in [6.45, 7) is 11.4. The van der Waals surface area contributed by atoms with E-state index in [1.807, 2.05) is 12.2 Å². The van der Waals surface area contributed by atoms with E-state index in [0.29, 0.717) is 6.61 Å². The molecule has 0 N–H and O–H groups in total. The number of rotatable bonds is 10. The summed E-state index contributed by atoms with van der Waals surface area (Å²) in [5.41, 5.74) is 1.10. The molecule has 0 aliphatic rings. The molecule has 0 radical (unpaired) electrons. The Balaban J connectivity index is 3.91. The highest BCUT2D eigenvalue weighted by Gasteiger charge is 1.98. The lowest BCUT2D eigenvalue weighted by molar-refractivity contribution is 0.173. The van der Waals surface area contributed by atoms with Crippen molar-refractivity contribution in [2.24, 2.45) is 5.16 Å². The molecular weight excluding hydrogens is 186 g/mol. The summed E-state index contributed by atoms with van der Waals surface area (Å²) < 4.78 is 0. The summed E-state index contributed by atoms with van der Waals surface area (Å²) in [6.07, 6.45) is 10.5. The normalized spacial score (nSPS) is 10.8. The molecular formula is C13H21NO. The van der Waals surface area contributed by atoms with E-state index in [1.54, 1.807) is 6.08 Å². The van der Waals surface area contributed by atoms with Crippen LogP contribution in [0.15, 0.2) is 43.1 Å². The van der Waals surface area contributed by atoms with Gasteiger partial charge in [0.25, 0.3) is 0 Å². The molecule has 0 aromatic heterocycles. The van der Waals surface area contributed by atoms with E-state index in [0.717, 1.165) is 37.8 Å². The predicted octanol–water partition coefficient (Wildman–Crippen LogP) is 3.87. The van der Waals surface area contributed by atoms with Gasteiger partial charge in [-0.05, 0) is 32.1 Å². The molecule has 0 rings (SSSR count). The Morgan fingerprint density at radius 1 is 1.00 bits per heavy atom. The van der Waals surface area contributed by atoms with Crippen LogP contribution in [0, 0.1) is 0 Å². The van der Waals surface area contributed by atoms with Crippen LogP contribution in [0.1, 0.15) is 32.1 Å². The first-order chi connectivity index (χ1) is 7.35. The van der Waals surface area contributed by atoms with E-state index in [2.05, 4.69) is 24.9 Å². The maximum atomic E-state index is 5.08. The fourth-order valence-corrected chi connectivity index (χ4v) is 1.12. The van der Waals surface area contributed by atoms with Crippen LogP contribution in [-0.2, 0) is 4.84 Å². The number of oxime groups is 1. The monoisotopic (exact) mass is 207 g/mol. The Kier molecular flexibility index (Phi) is 9.83. The highest BCUT2D eigenvalue weighted by molar-refractivity contribution is 5.84. The van der Waals surface area contributed by atoms with Gasteiger partial charge in [0.15, 0.2) is 0 Å². The van der Waals surface area contributed by atoms with Crippen molar-refractivity contribution in [1.82, 2.24) is 0 Å². The molecule has 0 saturated carbocycles. The number of unbranched alkanes of at least 4 members (excludes halogenated alkanes) is 1. The second-order valence-electron chi connectivity index (χ2n) is 3.25. The van der Waals surface area contributed by atoms with Crippen molar-refractivity contribution in [2.45, 2.75) is 32.1 Å². The smallest absolute Gasteiger partial charge is 0.135 e. The molecule has 0 aliphatic heterocycles. The second kappa shape index (κ2) is 10.8. The third-order valence-electron chi connectivity index (χ3n) is 1.90. The van der Waals surface area contributed by atoms with Crippen molar-refractivity contribution in [3.8, 4) is 0 Å². The molecule has 0 spiro atoms. The highest BCUT2D eigenvalue weighted by Crippen LogP contribution is 2.05. The Morgan fingerprint density at radius 3 is 2.33 bits per heavy atom. The lowest BCUT2D eigenvalue weighted by Crippen LogP contribution is -1.99. The highest BCUT2D eigenvalue weighted by atomic mass is 16.6. The average molecular weight is 207 g/mol. The number of allylic oxidation sites excluding steroid dienone is 2. The Morgan fingerprint density at radius 2 is 1.73 bits per heavy atom. The third-order valence-corrected chi connectivity index (χ3v) is 1.90. The molecule has 0 bridgehead atoms. The third kappa shape index (κ3) is 9.01. The minimum absolute atomic E-state index is 0.471. The maximum absolute atomic E-state index is 5.08. The topological polar surface area (TPSA) is 21.6 Å². The molecule has 0 saturated heterocycles. The van der Waals surface area contributed by atoms with Crippen molar-refractivity contribution in [1.29, 1.82) is 0 Å². The molecule has 0 atom stereocenters. The molecule has 0 aliphatic carbocycles. The van der Waals surface area contributed by atoms with E-state index in [4.69, 9.17) is 4.84 Å². The van der Waals surface area contributed by atoms with Crippen molar-refractivity contribution < 1.29 is 4.84 Å². The standard InChI is InChI=1S/C13H21NO/c1-4-7-9-11-13(10-8-5-2)14-15-12-6-3/h4-6H,1-3,7-12H2/b14-13+. The van der Waals surface area contributed by atoms with Crippen LogP contribution in [0.2, 0.25) is 0 Å². The van der Waals surface area contributed by atoms with Gasteiger partial charge < -0.3 is 4.84 Å². The lowest BCUT2D eigenvalue weighted by atomic mass is 10.1. The zero-order valence-corrected chi connectivity index (χ0v) is 9.45. The minimum atomic E-state index is 0.471. The predicted molar refractivity (Wildman–Crippen MR) is 67.1 cm³/mol. The second-order valence-corrected chi connectivity index (χ2v) is 3.25. The Hall–Kier alpha value is -1.31. The molecule has 2 heteroatoms. The molecule has 0 amide bonds. The molecule has 15 heavy (non-hydrogen) atoms. The molecule has 0 heterocycles. The van der Waals surface area contributed by atoms with Gasteiger partial charge in [-0.1, -0.05) is 30.0 Å². The summed E-state index contributed by atoms with van der Waals surface area (Å²) in [4.78, 5) is 5.08. The van der Waals surface area contributed by atoms with Crippen LogP contribution in [-0.4, -0.2) is 12.3 Å². The zero-order valence-electron chi connectivity index (χ0n) is 9.45. The summed E-state index contributed by atoms with van der Waals surface area (Å²) in [6, 6.07) is 0. The van der Waals surface area contributed by atoms with Gasteiger partial charge in [0.2, 0.25) is 0 Å². The van der Waals surface area contributed by atoms with Crippen molar-refractivity contribution >= 4 is 5.71 Å². The fourth-order valence-electron chi connectivity index (χ4n) is 1.12. The molecule has 0 aromatic rings. The van der Waals surface area contributed by atoms with E-state index in [9.17, 15) is 0 Å². The van der Waals surface area contributed by atoms with Crippen LogP contribution >= 0.6 is 0 Å². The van der Waals surface area contributed by atoms with Gasteiger partial charge in [-0.2, -0.15) is 0 Å². The summed E-state index contributed by atoms with van der Waals surface area (Å²) >= 11 is 0. The quantitative estimate of drug-likeness (QED) is 0.231. The summed E-state index contributed by atoms with van der Waals surface area (Å²) in [7, 11) is 0. The van der Waals surface area contributed by atoms with Gasteiger partial charge in [-0.25, -0.2) is 0 Å². The van der Waals surface area contributed by atoms with Crippen LogP contribution in [0.4, 0.5) is 0 Å². The van der Waals surface area contributed by atoms with Gasteiger partial charge in [-0.3, -0.25) is 0 Å². The van der Waals surface area contributed by atoms with E-state index in [-0.39, 0.29) is 0 Å². The number of hydrogen-bond acceptors (Lipinski definition) is 2. The van der Waals surface area contributed by atoms with Crippen LogP contribution in [0.25, 0.3) is 0 Å². The van der Waals surface area contributed by atoms with Gasteiger partial charge in [0, 0.05) is 0 Å². The van der Waals surface area contributed by atoms with E-state index in [1.165, 1.54) is 0 Å². The van der Waals surface area contributed by atoms with Crippen LogP contribution in [0.5, 0.6) is 0 Å². The van der Waals surface area contributed by atoms with E-state index < -0.39 is 0 Å². The molecule has 0 unspecified atom stereocenters. The fraction of sp³-hybridized carbons (Fsp3) is 0.462. The number of nitrogens with zero attached hydrogens (tertiary/aromatic N) is 1. The average Bonchev–Trinajstić information content (AvgIpc) is 2.25. The maximum Gasteiger partial charge on any atom is 0.135 e. The van der Waals surface area contributed by atoms with Gasteiger partial charge in [0.1, 0.15) is 6.61 Å². The largest absolute Gasteiger partial charge is 0.392 e. The van der Waals surface area contributed by atoms with E-state index >= 15 is 0 Å². The van der Waals surface area contributed by atoms with Crippen molar-refractivity contribution in [3.05, 3.63) is 38.0 Å². The van der Waals surface area contributed by atoms with Crippen molar-refractivity contribution in [3.63, 3.8) is 0 Å². The Labute approximate surface area is 93.0 Å². The molecule has 0 aromatic carbocycles. The molecule has 2 nitrogen and oxygen atoms in total. The first-order valence-corrected chi connectivity index (χ1v) is 5.35. The summed E-state index contributed by atoms with van der Waals surface area (Å²) in [5.74, 6) is 0. The Bertz CT molecular complexity index is 219. The van der Waals surface area contributed by atoms with Gasteiger partial charge >= 0.3 is 0 Å². The van der Waals surface area contributed by atoms with Crippen LogP contribution in [0.3, 0.4) is 0 Å². The van der Waals surface area contributed by atoms with Gasteiger partial charge in [0.05, 0.1) is 5.71 Å². The van der Waals surface area contributed by atoms with Crippen LogP contribution < -0.4 is 0 Å². The van der Waals surface area contributed by atoms with Gasteiger partial charge in [-0.15, -0.1) is 13.2 Å². The molecule has 0 fully saturated rings. The summed E-state index contributed by atoms with van der Waals surface area (Å²) in [5, 5.41) is 4.09. The minimum Gasteiger partial charge on any atom is -0.392 e.